The minimum absolute atomic E-state index is 0.0453. The van der Waals surface area contributed by atoms with Gasteiger partial charge in [-0.25, -0.2) is 8.78 Å². The molecule has 7 rings (SSSR count). The first-order valence-electron chi connectivity index (χ1n) is 13.9. The van der Waals surface area contributed by atoms with Crippen LogP contribution in [0.5, 0.6) is 0 Å². The standard InChI is InChI=1S/C36H32F2N2/c1-35(2,3)28-19-23(18-21-10-6-7-11-24(21)28)31-33-26(16-17-39-31)25-15-14-22(20-36(4,5)34(37)38)30-27-12-8-9-13-29(27)40(33)32(25)30/h6-19,34H,20H2,1-5H3. The van der Waals surface area contributed by atoms with E-state index in [0.29, 0.717) is 6.42 Å². The molecule has 0 aliphatic rings. The van der Waals surface area contributed by atoms with E-state index in [9.17, 15) is 8.78 Å². The van der Waals surface area contributed by atoms with Gasteiger partial charge in [-0.1, -0.05) is 89.2 Å². The Hall–Kier alpha value is -4.05. The molecule has 0 unspecified atom stereocenters. The normalized spacial score (nSPS) is 13.2. The third-order valence-corrected chi connectivity index (χ3v) is 8.52. The Labute approximate surface area is 232 Å². The number of aromatic nitrogens is 2. The first-order valence-corrected chi connectivity index (χ1v) is 13.9. The summed E-state index contributed by atoms with van der Waals surface area (Å²) < 4.78 is 30.3. The lowest BCUT2D eigenvalue weighted by Crippen LogP contribution is -2.24. The van der Waals surface area contributed by atoms with Crippen LogP contribution < -0.4 is 0 Å². The van der Waals surface area contributed by atoms with E-state index < -0.39 is 11.8 Å². The van der Waals surface area contributed by atoms with Crippen LogP contribution >= 0.6 is 0 Å². The zero-order valence-corrected chi connectivity index (χ0v) is 23.5. The van der Waals surface area contributed by atoms with E-state index in [2.05, 4.69) is 98.0 Å². The molecule has 7 aromatic rings. The third-order valence-electron chi connectivity index (χ3n) is 8.52. The zero-order chi connectivity index (χ0) is 28.0. The van der Waals surface area contributed by atoms with Crippen molar-refractivity contribution in [2.24, 2.45) is 5.41 Å². The summed E-state index contributed by atoms with van der Waals surface area (Å²) in [6.07, 6.45) is -0.205. The molecule has 0 fully saturated rings. The molecular weight excluding hydrogens is 498 g/mol. The summed E-state index contributed by atoms with van der Waals surface area (Å²) >= 11 is 0. The van der Waals surface area contributed by atoms with Crippen molar-refractivity contribution in [2.45, 2.75) is 52.9 Å². The molecule has 0 saturated heterocycles. The molecule has 4 heteroatoms. The predicted molar refractivity (Wildman–Crippen MR) is 164 cm³/mol. The first kappa shape index (κ1) is 25.0. The molecule has 40 heavy (non-hydrogen) atoms. The minimum Gasteiger partial charge on any atom is -0.306 e. The van der Waals surface area contributed by atoms with Crippen LogP contribution in [-0.4, -0.2) is 15.8 Å². The van der Waals surface area contributed by atoms with Crippen LogP contribution in [-0.2, 0) is 11.8 Å². The summed E-state index contributed by atoms with van der Waals surface area (Å²) in [5.74, 6) is 0. The molecule has 200 valence electrons. The van der Waals surface area contributed by atoms with Crippen molar-refractivity contribution in [3.05, 3.63) is 96.2 Å². The highest BCUT2D eigenvalue weighted by Crippen LogP contribution is 2.45. The molecular formula is C36H32F2N2. The lowest BCUT2D eigenvalue weighted by Gasteiger charge is -2.24. The van der Waals surface area contributed by atoms with Crippen LogP contribution in [0.4, 0.5) is 8.78 Å². The van der Waals surface area contributed by atoms with Gasteiger partial charge in [0.1, 0.15) is 0 Å². The molecule has 3 heterocycles. The molecule has 0 atom stereocenters. The molecule has 0 bridgehead atoms. The van der Waals surface area contributed by atoms with E-state index in [4.69, 9.17) is 4.98 Å². The highest BCUT2D eigenvalue weighted by molar-refractivity contribution is 6.25. The number of nitrogens with zero attached hydrogens (tertiary/aromatic N) is 2. The van der Waals surface area contributed by atoms with Crippen LogP contribution in [0.15, 0.2) is 85.1 Å². The van der Waals surface area contributed by atoms with Gasteiger partial charge in [0, 0.05) is 38.7 Å². The molecule has 2 nitrogen and oxygen atoms in total. The van der Waals surface area contributed by atoms with Crippen LogP contribution in [0.2, 0.25) is 0 Å². The Kier molecular flexibility index (Phi) is 5.29. The quantitative estimate of drug-likeness (QED) is 0.221. The van der Waals surface area contributed by atoms with Crippen molar-refractivity contribution in [1.82, 2.24) is 9.38 Å². The van der Waals surface area contributed by atoms with Gasteiger partial charge in [0.2, 0.25) is 6.43 Å². The van der Waals surface area contributed by atoms with Crippen molar-refractivity contribution in [3.63, 3.8) is 0 Å². The molecule has 0 radical (unpaired) electrons. The highest BCUT2D eigenvalue weighted by Gasteiger charge is 2.32. The van der Waals surface area contributed by atoms with Crippen molar-refractivity contribution >= 4 is 48.9 Å². The Bertz CT molecular complexity index is 2080. The van der Waals surface area contributed by atoms with Crippen LogP contribution in [0.1, 0.15) is 45.7 Å². The molecule has 4 aromatic carbocycles. The fourth-order valence-corrected chi connectivity index (χ4v) is 6.51. The Morgan fingerprint density at radius 3 is 2.20 bits per heavy atom. The summed E-state index contributed by atoms with van der Waals surface area (Å²) in [5.41, 5.74) is 6.31. The van der Waals surface area contributed by atoms with Crippen LogP contribution in [0, 0.1) is 5.41 Å². The second-order valence-electron chi connectivity index (χ2n) is 12.9. The summed E-state index contributed by atoms with van der Waals surface area (Å²) in [6, 6.07) is 27.7. The number of hydrogen-bond acceptors (Lipinski definition) is 1. The largest absolute Gasteiger partial charge is 0.306 e. The van der Waals surface area contributed by atoms with Gasteiger partial charge in [-0.2, -0.15) is 0 Å². The maximum Gasteiger partial charge on any atom is 0.243 e. The van der Waals surface area contributed by atoms with Gasteiger partial charge >= 0.3 is 0 Å². The highest BCUT2D eigenvalue weighted by atomic mass is 19.3. The summed E-state index contributed by atoms with van der Waals surface area (Å²) in [4.78, 5) is 4.99. The molecule has 0 N–H and O–H groups in total. The second-order valence-corrected chi connectivity index (χ2v) is 12.9. The number of alkyl halides is 2. The van der Waals surface area contributed by atoms with E-state index in [1.54, 1.807) is 13.8 Å². The SMILES string of the molecule is CC(C)(C)c1cc(-c2nccc3c4ccc(CC(C)(C)C(F)F)c5c6ccccc6n(c23)c45)cc2ccccc12. The number of fused-ring (bicyclic) bond motifs is 7. The number of rotatable bonds is 4. The molecule has 0 saturated carbocycles. The van der Waals surface area contributed by atoms with Gasteiger partial charge in [0.25, 0.3) is 0 Å². The summed E-state index contributed by atoms with van der Waals surface area (Å²) in [7, 11) is 0. The molecule has 0 aliphatic carbocycles. The molecule has 3 aromatic heterocycles. The minimum atomic E-state index is -2.40. The number of para-hydroxylation sites is 1. The topological polar surface area (TPSA) is 17.3 Å². The Morgan fingerprint density at radius 2 is 1.45 bits per heavy atom. The third kappa shape index (κ3) is 3.55. The maximum absolute atomic E-state index is 14.0. The van der Waals surface area contributed by atoms with Gasteiger partial charge < -0.3 is 4.40 Å². The van der Waals surface area contributed by atoms with Gasteiger partial charge in [0.15, 0.2) is 0 Å². The number of pyridine rings is 1. The van der Waals surface area contributed by atoms with Crippen molar-refractivity contribution < 1.29 is 8.78 Å². The second kappa shape index (κ2) is 8.47. The van der Waals surface area contributed by atoms with Gasteiger partial charge in [-0.3, -0.25) is 4.98 Å². The van der Waals surface area contributed by atoms with E-state index in [1.807, 2.05) is 12.3 Å². The van der Waals surface area contributed by atoms with Gasteiger partial charge in [0.05, 0.1) is 22.2 Å². The van der Waals surface area contributed by atoms with E-state index >= 15 is 0 Å². The van der Waals surface area contributed by atoms with E-state index in [-0.39, 0.29) is 5.41 Å². The first-order chi connectivity index (χ1) is 19.1. The number of halogens is 2. The Balaban J connectivity index is 1.61. The van der Waals surface area contributed by atoms with Crippen LogP contribution in [0.3, 0.4) is 0 Å². The van der Waals surface area contributed by atoms with Crippen molar-refractivity contribution in [3.8, 4) is 11.3 Å². The summed E-state index contributed by atoms with van der Waals surface area (Å²) in [5, 5.41) is 6.86. The lowest BCUT2D eigenvalue weighted by molar-refractivity contribution is 0.0202. The van der Waals surface area contributed by atoms with E-state index in [1.165, 1.54) is 16.3 Å². The smallest absolute Gasteiger partial charge is 0.243 e. The van der Waals surface area contributed by atoms with Crippen molar-refractivity contribution in [1.29, 1.82) is 0 Å². The zero-order valence-electron chi connectivity index (χ0n) is 23.5. The lowest BCUT2D eigenvalue weighted by atomic mass is 9.82. The predicted octanol–water partition coefficient (Wildman–Crippen LogP) is 10.2. The molecule has 0 spiro atoms. The number of hydrogen-bond donors (Lipinski definition) is 0. The monoisotopic (exact) mass is 530 g/mol. The van der Waals surface area contributed by atoms with Crippen molar-refractivity contribution in [2.75, 3.05) is 0 Å². The van der Waals surface area contributed by atoms with Crippen LogP contribution in [0.25, 0.3) is 60.1 Å². The van der Waals surface area contributed by atoms with Gasteiger partial charge in [-0.15, -0.1) is 0 Å². The van der Waals surface area contributed by atoms with E-state index in [0.717, 1.165) is 54.9 Å². The fraction of sp³-hybridized carbons (Fsp3) is 0.250. The number of benzene rings is 4. The molecule has 0 amide bonds. The maximum atomic E-state index is 14.0. The van der Waals surface area contributed by atoms with Gasteiger partial charge in [-0.05, 0) is 58.0 Å². The fourth-order valence-electron chi connectivity index (χ4n) is 6.51. The Morgan fingerprint density at radius 1 is 0.750 bits per heavy atom. The summed E-state index contributed by atoms with van der Waals surface area (Å²) in [6.45, 7) is 10.1. The molecule has 0 aliphatic heterocycles. The average Bonchev–Trinajstić information content (AvgIpc) is 3.44. The average molecular weight is 531 g/mol.